The fourth-order valence-corrected chi connectivity index (χ4v) is 0.898. The van der Waals surface area contributed by atoms with Gasteiger partial charge in [-0.2, -0.15) is 0 Å². The van der Waals surface area contributed by atoms with Crippen molar-refractivity contribution < 1.29 is 26.8 Å². The van der Waals surface area contributed by atoms with Gasteiger partial charge in [0.2, 0.25) is 0 Å². The van der Waals surface area contributed by atoms with Gasteiger partial charge in [0.1, 0.15) is 0 Å². The van der Waals surface area contributed by atoms with Crippen molar-refractivity contribution in [2.45, 2.75) is 39.5 Å². The Bertz CT molecular complexity index is 53.2. The molecule has 0 heterocycles. The van der Waals surface area contributed by atoms with Gasteiger partial charge in [0.25, 0.3) is 0 Å². The van der Waals surface area contributed by atoms with E-state index in [1.165, 1.54) is 12.8 Å². The van der Waals surface area contributed by atoms with Crippen LogP contribution in [0.1, 0.15) is 39.5 Å². The maximum atomic E-state index is 10.4. The quantitative estimate of drug-likeness (QED) is 0.575. The van der Waals surface area contributed by atoms with E-state index in [9.17, 15) is 5.11 Å². The molecule has 0 N–H and O–H groups in total. The van der Waals surface area contributed by atoms with E-state index in [1.54, 1.807) is 0 Å². The molecule has 0 bridgehead atoms. The Hall–Kier alpha value is 0.674. The van der Waals surface area contributed by atoms with E-state index in [0.29, 0.717) is 5.92 Å². The summed E-state index contributed by atoms with van der Waals surface area (Å²) >= 11 is 0. The predicted molar refractivity (Wildman–Crippen MR) is 38.9 cm³/mol. The van der Waals surface area contributed by atoms with Crippen molar-refractivity contribution in [3.63, 3.8) is 0 Å². The Kier molecular flexibility index (Phi) is 12.8. The van der Waals surface area contributed by atoms with Gasteiger partial charge in [0.05, 0.1) is 6.61 Å². The first-order valence-corrected chi connectivity index (χ1v) is 3.93. The molecule has 0 saturated carbocycles. The molecule has 10 heavy (non-hydrogen) atoms. The molecule has 0 aliphatic rings. The summed E-state index contributed by atoms with van der Waals surface area (Å²) in [5.41, 5.74) is 0. The predicted octanol–water partition coefficient (Wildman–Crippen LogP) is 2.63. The molecule has 1 radical (unpaired) electrons. The normalized spacial score (nSPS) is 12.3. The van der Waals surface area contributed by atoms with E-state index in [0.717, 1.165) is 12.8 Å². The molecule has 0 aliphatic heterocycles. The van der Waals surface area contributed by atoms with Crippen LogP contribution in [0.25, 0.3) is 0 Å². The molecule has 0 fully saturated rings. The van der Waals surface area contributed by atoms with Crippen LogP contribution in [0.2, 0.25) is 0 Å². The molecular formula is C8H17OTi. The van der Waals surface area contributed by atoms with Crippen LogP contribution in [-0.4, -0.2) is 6.61 Å². The molecule has 59 valence electrons. The number of hydrogen-bond acceptors (Lipinski definition) is 0. The second-order valence-electron chi connectivity index (χ2n) is 2.58. The minimum atomic E-state index is 0. The van der Waals surface area contributed by atoms with Crippen LogP contribution >= 0.6 is 0 Å². The van der Waals surface area contributed by atoms with Gasteiger partial charge in [0.15, 0.2) is 0 Å². The molecule has 0 aromatic carbocycles. The molecule has 2 heteroatoms. The van der Waals surface area contributed by atoms with Crippen molar-refractivity contribution in [1.29, 1.82) is 0 Å². The summed E-state index contributed by atoms with van der Waals surface area (Å²) in [5.74, 6) is 0.449. The Labute approximate surface area is 79.1 Å². The maximum Gasteiger partial charge on any atom is 0.0850 e. The molecule has 1 atom stereocenters. The monoisotopic (exact) mass is 177 g/mol. The van der Waals surface area contributed by atoms with E-state index in [1.807, 2.05) is 0 Å². The zero-order chi connectivity index (χ0) is 7.11. The number of rotatable bonds is 5. The van der Waals surface area contributed by atoms with E-state index < -0.39 is 0 Å². The van der Waals surface area contributed by atoms with Crippen molar-refractivity contribution >= 4 is 0 Å². The van der Waals surface area contributed by atoms with Gasteiger partial charge in [0, 0.05) is 21.7 Å². The summed E-state index contributed by atoms with van der Waals surface area (Å²) in [6, 6.07) is 0. The fraction of sp³-hybridized carbons (Fsp3) is 1.00. The van der Waals surface area contributed by atoms with Gasteiger partial charge in [-0.15, -0.1) is 0 Å². The second kappa shape index (κ2) is 9.67. The van der Waals surface area contributed by atoms with Crippen molar-refractivity contribution in [1.82, 2.24) is 0 Å². The molecule has 0 spiro atoms. The average molecular weight is 177 g/mol. The van der Waals surface area contributed by atoms with Gasteiger partial charge in [-0.05, 0) is 12.3 Å². The van der Waals surface area contributed by atoms with Crippen LogP contribution in [0.4, 0.5) is 0 Å². The standard InChI is InChI=1S/C8H17O.Ti/c1-3-5-6-8(4-2)7-9;/h8H,3-7H2,1-2H3;. The van der Waals surface area contributed by atoms with Crippen LogP contribution in [0.15, 0.2) is 0 Å². The molecule has 1 unspecified atom stereocenters. The van der Waals surface area contributed by atoms with Crippen molar-refractivity contribution in [2.24, 2.45) is 5.92 Å². The van der Waals surface area contributed by atoms with Crippen LogP contribution in [0, 0.1) is 5.92 Å². The van der Waals surface area contributed by atoms with E-state index in [-0.39, 0.29) is 28.3 Å². The van der Waals surface area contributed by atoms with Crippen molar-refractivity contribution in [2.75, 3.05) is 6.61 Å². The van der Waals surface area contributed by atoms with Gasteiger partial charge >= 0.3 is 0 Å². The minimum Gasteiger partial charge on any atom is -0.236 e. The molecule has 0 saturated heterocycles. The van der Waals surface area contributed by atoms with Crippen molar-refractivity contribution in [3.8, 4) is 0 Å². The van der Waals surface area contributed by atoms with E-state index in [2.05, 4.69) is 13.8 Å². The molecule has 0 aliphatic carbocycles. The van der Waals surface area contributed by atoms with Crippen LogP contribution < -0.4 is 0 Å². The fourth-order valence-electron chi connectivity index (χ4n) is 0.898. The molecule has 0 amide bonds. The van der Waals surface area contributed by atoms with Crippen LogP contribution in [-0.2, 0) is 26.8 Å². The summed E-state index contributed by atoms with van der Waals surface area (Å²) in [4.78, 5) is 0. The van der Waals surface area contributed by atoms with Crippen LogP contribution in [0.3, 0.4) is 0 Å². The van der Waals surface area contributed by atoms with Crippen LogP contribution in [0.5, 0.6) is 0 Å². The first-order chi connectivity index (χ1) is 4.35. The Balaban J connectivity index is 0. The minimum absolute atomic E-state index is 0. The number of unbranched alkanes of at least 4 members (excludes halogenated alkanes) is 1. The zero-order valence-corrected chi connectivity index (χ0v) is 8.58. The molecule has 0 aromatic rings. The molecular weight excluding hydrogens is 160 g/mol. The molecule has 1 nitrogen and oxygen atoms in total. The summed E-state index contributed by atoms with van der Waals surface area (Å²) in [7, 11) is 0. The third-order valence-corrected chi connectivity index (χ3v) is 1.78. The Morgan fingerprint density at radius 3 is 2.20 bits per heavy atom. The van der Waals surface area contributed by atoms with Crippen molar-refractivity contribution in [3.05, 3.63) is 0 Å². The number of hydrogen-bond donors (Lipinski definition) is 0. The van der Waals surface area contributed by atoms with E-state index >= 15 is 0 Å². The third-order valence-electron chi connectivity index (χ3n) is 1.78. The largest absolute Gasteiger partial charge is 0.236 e. The summed E-state index contributed by atoms with van der Waals surface area (Å²) in [6.45, 7) is 4.38. The van der Waals surface area contributed by atoms with Gasteiger partial charge in [-0.3, -0.25) is 0 Å². The van der Waals surface area contributed by atoms with E-state index in [4.69, 9.17) is 0 Å². The molecule has 0 rings (SSSR count). The topological polar surface area (TPSA) is 19.9 Å². The Morgan fingerprint density at radius 1 is 1.30 bits per heavy atom. The smallest absolute Gasteiger partial charge is 0.0850 e. The average Bonchev–Trinajstić information content (AvgIpc) is 1.91. The zero-order valence-electron chi connectivity index (χ0n) is 7.02. The molecule has 0 aromatic heterocycles. The summed E-state index contributed by atoms with van der Waals surface area (Å²) in [6.07, 6.45) is 4.64. The second-order valence-corrected chi connectivity index (χ2v) is 2.58. The summed E-state index contributed by atoms with van der Waals surface area (Å²) in [5, 5.41) is 10.4. The first-order valence-electron chi connectivity index (χ1n) is 3.93. The third kappa shape index (κ3) is 6.79. The van der Waals surface area contributed by atoms with Gasteiger partial charge < -0.3 is 0 Å². The maximum absolute atomic E-state index is 10.4. The Morgan fingerprint density at radius 2 is 1.90 bits per heavy atom. The SMILES string of the molecule is CCCCC(CC)C[O].[Ti]. The van der Waals surface area contributed by atoms with Gasteiger partial charge in [-0.1, -0.05) is 33.1 Å². The first kappa shape index (κ1) is 13.3. The summed E-state index contributed by atoms with van der Waals surface area (Å²) < 4.78 is 0. The van der Waals surface area contributed by atoms with Gasteiger partial charge in [-0.25, -0.2) is 5.11 Å².